The number of ether oxygens (including phenoxy) is 2. The second kappa shape index (κ2) is 14.3. The van der Waals surface area contributed by atoms with Gasteiger partial charge in [-0.05, 0) is 59.6 Å². The van der Waals surface area contributed by atoms with Gasteiger partial charge in [-0.1, -0.05) is 73.2 Å². The number of carboxylic acid groups (broad SMARTS) is 1. The Hall–Kier alpha value is -2.92. The Labute approximate surface area is 201 Å². The van der Waals surface area contributed by atoms with E-state index in [-0.39, 0.29) is 6.42 Å². The first-order chi connectivity index (χ1) is 16.2. The molecule has 0 radical (unpaired) electrons. The molecule has 0 saturated heterocycles. The van der Waals surface area contributed by atoms with Crippen molar-refractivity contribution in [2.75, 3.05) is 11.5 Å². The molecule has 0 heterocycles. The van der Waals surface area contributed by atoms with E-state index in [1.165, 1.54) is 5.56 Å². The molecule has 1 N–H and O–H groups in total. The van der Waals surface area contributed by atoms with Gasteiger partial charge in [-0.3, -0.25) is 4.79 Å². The highest BCUT2D eigenvalue weighted by Crippen LogP contribution is 2.30. The molecular formula is C28H32O4S. The van der Waals surface area contributed by atoms with Crippen LogP contribution in [-0.2, 0) is 24.4 Å². The first-order valence-corrected chi connectivity index (χ1v) is 12.6. The fourth-order valence-corrected chi connectivity index (χ4v) is 4.35. The molecule has 0 aliphatic carbocycles. The molecule has 3 rings (SSSR count). The number of rotatable bonds is 15. The lowest BCUT2D eigenvalue weighted by Crippen LogP contribution is -2.02. The Morgan fingerprint density at radius 2 is 1.33 bits per heavy atom. The Kier molecular flexibility index (Phi) is 10.7. The second-order valence-electron chi connectivity index (χ2n) is 7.90. The van der Waals surface area contributed by atoms with Crippen LogP contribution in [-0.4, -0.2) is 22.6 Å². The van der Waals surface area contributed by atoms with Crippen molar-refractivity contribution in [3.8, 4) is 11.5 Å². The Morgan fingerprint density at radius 3 is 1.97 bits per heavy atom. The number of hydrogen-bond acceptors (Lipinski definition) is 4. The molecule has 174 valence electrons. The second-order valence-corrected chi connectivity index (χ2v) is 9.12. The molecule has 0 atom stereocenters. The molecule has 33 heavy (non-hydrogen) atoms. The van der Waals surface area contributed by atoms with Crippen molar-refractivity contribution in [3.63, 3.8) is 0 Å². The minimum Gasteiger partial charge on any atom is -0.485 e. The number of carbonyl (C=O) groups is 1. The van der Waals surface area contributed by atoms with E-state index in [4.69, 9.17) is 14.6 Å². The van der Waals surface area contributed by atoms with E-state index in [2.05, 4.69) is 36.4 Å². The van der Waals surface area contributed by atoms with Gasteiger partial charge in [-0.25, -0.2) is 0 Å². The maximum Gasteiger partial charge on any atom is 0.303 e. The third-order valence-electron chi connectivity index (χ3n) is 5.20. The lowest BCUT2D eigenvalue weighted by atomic mass is 10.1. The summed E-state index contributed by atoms with van der Waals surface area (Å²) >= 11 is 1.92. The SMILES string of the molecule is O=C(O)CCCCCSCCc1ccc(OCc2ccccc2)c(OCc2ccccc2)c1. The molecule has 0 aliphatic heterocycles. The van der Waals surface area contributed by atoms with Crippen LogP contribution < -0.4 is 9.47 Å². The Morgan fingerprint density at radius 1 is 0.697 bits per heavy atom. The van der Waals surface area contributed by atoms with Crippen LogP contribution >= 0.6 is 11.8 Å². The summed E-state index contributed by atoms with van der Waals surface area (Å²) in [5.74, 6) is 2.91. The minimum atomic E-state index is -0.705. The predicted molar refractivity (Wildman–Crippen MR) is 135 cm³/mol. The van der Waals surface area contributed by atoms with Gasteiger partial charge in [0, 0.05) is 6.42 Å². The van der Waals surface area contributed by atoms with Crippen LogP contribution in [0.15, 0.2) is 78.9 Å². The van der Waals surface area contributed by atoms with Crippen molar-refractivity contribution in [2.24, 2.45) is 0 Å². The summed E-state index contributed by atoms with van der Waals surface area (Å²) in [7, 11) is 0. The third-order valence-corrected chi connectivity index (χ3v) is 6.27. The van der Waals surface area contributed by atoms with Crippen LogP contribution in [0.4, 0.5) is 0 Å². The van der Waals surface area contributed by atoms with Crippen LogP contribution in [0.3, 0.4) is 0 Å². The summed E-state index contributed by atoms with van der Waals surface area (Å²) in [6.45, 7) is 0.997. The zero-order valence-electron chi connectivity index (χ0n) is 18.9. The van der Waals surface area contributed by atoms with E-state index < -0.39 is 5.97 Å². The molecule has 5 heteroatoms. The number of unbranched alkanes of at least 4 members (excludes halogenated alkanes) is 2. The van der Waals surface area contributed by atoms with Gasteiger partial charge in [-0.2, -0.15) is 11.8 Å². The zero-order valence-corrected chi connectivity index (χ0v) is 19.8. The number of aryl methyl sites for hydroxylation is 1. The number of benzene rings is 3. The first kappa shape index (κ1) is 24.7. The summed E-state index contributed by atoms with van der Waals surface area (Å²) in [6, 6.07) is 26.5. The van der Waals surface area contributed by atoms with Crippen LogP contribution in [0.25, 0.3) is 0 Å². The maximum absolute atomic E-state index is 10.6. The van der Waals surface area contributed by atoms with Gasteiger partial charge >= 0.3 is 5.97 Å². The van der Waals surface area contributed by atoms with Crippen LogP contribution in [0.1, 0.15) is 42.4 Å². The van der Waals surface area contributed by atoms with E-state index in [0.717, 1.165) is 59.8 Å². The van der Waals surface area contributed by atoms with Crippen LogP contribution in [0, 0.1) is 0 Å². The quantitative estimate of drug-likeness (QED) is 0.252. The maximum atomic E-state index is 10.6. The normalized spacial score (nSPS) is 10.7. The van der Waals surface area contributed by atoms with Gasteiger partial charge in [0.1, 0.15) is 13.2 Å². The first-order valence-electron chi connectivity index (χ1n) is 11.5. The van der Waals surface area contributed by atoms with Crippen molar-refractivity contribution in [2.45, 2.75) is 45.3 Å². The lowest BCUT2D eigenvalue weighted by Gasteiger charge is -2.15. The molecule has 0 spiro atoms. The summed E-state index contributed by atoms with van der Waals surface area (Å²) in [5.41, 5.74) is 3.47. The molecule has 4 nitrogen and oxygen atoms in total. The van der Waals surface area contributed by atoms with Crippen molar-refractivity contribution in [1.29, 1.82) is 0 Å². The largest absolute Gasteiger partial charge is 0.485 e. The summed E-state index contributed by atoms with van der Waals surface area (Å²) in [4.78, 5) is 10.6. The molecule has 0 amide bonds. The van der Waals surface area contributed by atoms with E-state index in [0.29, 0.717) is 13.2 Å². The molecular weight excluding hydrogens is 432 g/mol. The van der Waals surface area contributed by atoms with Gasteiger partial charge in [0.15, 0.2) is 11.5 Å². The molecule has 0 aromatic heterocycles. The van der Waals surface area contributed by atoms with Gasteiger partial charge in [0.05, 0.1) is 0 Å². The van der Waals surface area contributed by atoms with Crippen molar-refractivity contribution >= 4 is 17.7 Å². The molecule has 0 saturated carbocycles. The zero-order chi connectivity index (χ0) is 23.1. The van der Waals surface area contributed by atoms with Crippen LogP contribution in [0.5, 0.6) is 11.5 Å². The van der Waals surface area contributed by atoms with E-state index in [1.807, 2.05) is 54.2 Å². The highest BCUT2D eigenvalue weighted by molar-refractivity contribution is 7.99. The standard InChI is InChI=1S/C28H32O4S/c29-28(30)14-8-3-9-18-33-19-17-23-15-16-26(31-21-24-10-4-1-5-11-24)27(20-23)32-22-25-12-6-2-7-13-25/h1-2,4-7,10-13,15-16,20H,3,8-9,14,17-19,21-22H2,(H,29,30). The molecule has 0 bridgehead atoms. The summed E-state index contributed by atoms with van der Waals surface area (Å²) in [6.07, 6.45) is 4.04. The fraction of sp³-hybridized carbons (Fsp3) is 0.321. The topological polar surface area (TPSA) is 55.8 Å². The average molecular weight is 465 g/mol. The summed E-state index contributed by atoms with van der Waals surface area (Å²) in [5, 5.41) is 8.69. The smallest absolute Gasteiger partial charge is 0.303 e. The van der Waals surface area contributed by atoms with Crippen molar-refractivity contribution in [3.05, 3.63) is 95.6 Å². The van der Waals surface area contributed by atoms with E-state index in [9.17, 15) is 4.79 Å². The van der Waals surface area contributed by atoms with Gasteiger partial charge in [0.25, 0.3) is 0 Å². The van der Waals surface area contributed by atoms with E-state index >= 15 is 0 Å². The number of aliphatic carboxylic acids is 1. The number of hydrogen-bond donors (Lipinski definition) is 1. The molecule has 0 aliphatic rings. The van der Waals surface area contributed by atoms with Crippen LogP contribution in [0.2, 0.25) is 0 Å². The Bertz CT molecular complexity index is 960. The van der Waals surface area contributed by atoms with Gasteiger partial charge in [-0.15, -0.1) is 0 Å². The van der Waals surface area contributed by atoms with Crippen molar-refractivity contribution < 1.29 is 19.4 Å². The number of thioether (sulfide) groups is 1. The summed E-state index contributed by atoms with van der Waals surface area (Å²) < 4.78 is 12.3. The molecule has 0 fully saturated rings. The third kappa shape index (κ3) is 9.62. The molecule has 3 aromatic rings. The highest BCUT2D eigenvalue weighted by atomic mass is 32.2. The lowest BCUT2D eigenvalue weighted by molar-refractivity contribution is -0.137. The molecule has 3 aromatic carbocycles. The van der Waals surface area contributed by atoms with Crippen molar-refractivity contribution in [1.82, 2.24) is 0 Å². The van der Waals surface area contributed by atoms with Gasteiger partial charge < -0.3 is 14.6 Å². The highest BCUT2D eigenvalue weighted by Gasteiger charge is 2.09. The average Bonchev–Trinajstić information content (AvgIpc) is 2.84. The molecule has 0 unspecified atom stereocenters. The monoisotopic (exact) mass is 464 g/mol. The van der Waals surface area contributed by atoms with Gasteiger partial charge in [0.2, 0.25) is 0 Å². The number of carboxylic acids is 1. The predicted octanol–water partition coefficient (Wildman–Crippen LogP) is 6.77. The van der Waals surface area contributed by atoms with E-state index in [1.54, 1.807) is 0 Å². The fourth-order valence-electron chi connectivity index (χ4n) is 3.36. The minimum absolute atomic E-state index is 0.273. The Balaban J connectivity index is 1.53.